The molecule has 2 unspecified atom stereocenters. The predicted molar refractivity (Wildman–Crippen MR) is 112 cm³/mol. The minimum atomic E-state index is -4.42. The lowest BCUT2D eigenvalue weighted by Gasteiger charge is -2.41. The maximum absolute atomic E-state index is 14.2. The number of hydrogen-bond acceptors (Lipinski definition) is 7. The summed E-state index contributed by atoms with van der Waals surface area (Å²) in [6, 6.07) is 14.1. The van der Waals surface area contributed by atoms with Crippen LogP contribution in [0.5, 0.6) is 11.5 Å². The maximum Gasteiger partial charge on any atom is 0.445 e. The van der Waals surface area contributed by atoms with Crippen molar-refractivity contribution < 1.29 is 32.7 Å². The van der Waals surface area contributed by atoms with E-state index in [9.17, 15) is 18.9 Å². The van der Waals surface area contributed by atoms with Crippen molar-refractivity contribution in [2.75, 3.05) is 20.7 Å². The molecule has 9 nitrogen and oxygen atoms in total. The topological polar surface area (TPSA) is 102 Å². The van der Waals surface area contributed by atoms with Gasteiger partial charge in [0.05, 0.1) is 6.61 Å². The van der Waals surface area contributed by atoms with Gasteiger partial charge < -0.3 is 18.7 Å². The van der Waals surface area contributed by atoms with Crippen LogP contribution in [0.3, 0.4) is 0 Å². The van der Waals surface area contributed by atoms with Crippen LogP contribution < -0.4 is 9.05 Å². The highest BCUT2D eigenvalue weighted by Gasteiger charge is 2.59. The van der Waals surface area contributed by atoms with Crippen LogP contribution in [0.2, 0.25) is 0 Å². The molecule has 10 heteroatoms. The van der Waals surface area contributed by atoms with E-state index in [1.165, 1.54) is 14.1 Å². The minimum Gasteiger partial charge on any atom is -0.464 e. The van der Waals surface area contributed by atoms with Gasteiger partial charge in [0, 0.05) is 14.1 Å². The first kappa shape index (κ1) is 22.4. The fraction of sp³-hybridized carbons (Fsp3) is 0.286. The number of hydrogen-bond donors (Lipinski definition) is 0. The lowest BCUT2D eigenvalue weighted by Crippen LogP contribution is -2.64. The largest absolute Gasteiger partial charge is 0.464 e. The fourth-order valence-electron chi connectivity index (χ4n) is 3.21. The van der Waals surface area contributed by atoms with Crippen molar-refractivity contribution in [3.05, 3.63) is 60.7 Å². The van der Waals surface area contributed by atoms with Gasteiger partial charge in [-0.05, 0) is 31.2 Å². The number of imide groups is 1. The van der Waals surface area contributed by atoms with Gasteiger partial charge in [-0.3, -0.25) is 9.69 Å². The first-order valence-corrected chi connectivity index (χ1v) is 11.2. The Hall–Kier alpha value is -3.32. The average Bonchev–Trinajstić information content (AvgIpc) is 2.76. The van der Waals surface area contributed by atoms with Gasteiger partial charge >= 0.3 is 19.6 Å². The third-order valence-electron chi connectivity index (χ3n) is 4.71. The number of esters is 1. The number of likely N-dealkylation sites (N-methyl/N-ethyl adjacent to an activating group) is 1. The van der Waals surface area contributed by atoms with E-state index in [1.54, 1.807) is 67.6 Å². The lowest BCUT2D eigenvalue weighted by molar-refractivity contribution is -0.152. The zero-order valence-corrected chi connectivity index (χ0v) is 18.2. The van der Waals surface area contributed by atoms with Crippen molar-refractivity contribution in [1.29, 1.82) is 0 Å². The average molecular weight is 446 g/mol. The van der Waals surface area contributed by atoms with Crippen LogP contribution in [0.4, 0.5) is 4.79 Å². The Kier molecular flexibility index (Phi) is 6.65. The molecule has 1 saturated heterocycles. The van der Waals surface area contributed by atoms with Crippen molar-refractivity contribution in [3.63, 3.8) is 0 Å². The zero-order chi connectivity index (χ0) is 22.6. The van der Waals surface area contributed by atoms with E-state index < -0.39 is 37.2 Å². The Morgan fingerprint density at radius 3 is 1.87 bits per heavy atom. The highest BCUT2D eigenvalue weighted by molar-refractivity contribution is 7.56. The highest BCUT2D eigenvalue weighted by Crippen LogP contribution is 2.56. The molecule has 1 heterocycles. The van der Waals surface area contributed by atoms with Crippen molar-refractivity contribution >= 4 is 25.5 Å². The third-order valence-corrected chi connectivity index (χ3v) is 6.82. The number of para-hydroxylation sites is 2. The number of urea groups is 1. The van der Waals surface area contributed by atoms with Gasteiger partial charge in [-0.15, -0.1) is 0 Å². The third kappa shape index (κ3) is 4.56. The lowest BCUT2D eigenvalue weighted by atomic mass is 10.1. The van der Waals surface area contributed by atoms with E-state index >= 15 is 0 Å². The molecule has 2 aromatic rings. The molecule has 0 aromatic heterocycles. The summed E-state index contributed by atoms with van der Waals surface area (Å²) in [6.45, 7) is 1.60. The van der Waals surface area contributed by atoms with E-state index in [2.05, 4.69) is 0 Å². The monoisotopic (exact) mass is 446 g/mol. The van der Waals surface area contributed by atoms with Crippen molar-refractivity contribution in [1.82, 2.24) is 9.80 Å². The Morgan fingerprint density at radius 1 is 0.935 bits per heavy atom. The van der Waals surface area contributed by atoms with Gasteiger partial charge in [-0.2, -0.15) is 0 Å². The highest BCUT2D eigenvalue weighted by atomic mass is 31.2. The first-order valence-electron chi connectivity index (χ1n) is 9.58. The summed E-state index contributed by atoms with van der Waals surface area (Å²) in [5.41, 5.74) is -1.64. The molecule has 2 atom stereocenters. The van der Waals surface area contributed by atoms with Crippen molar-refractivity contribution in [2.24, 2.45) is 0 Å². The Labute approximate surface area is 180 Å². The Balaban J connectivity index is 2.12. The molecular weight excluding hydrogens is 423 g/mol. The molecule has 1 aliphatic rings. The Bertz CT molecular complexity index is 954. The molecule has 3 rings (SSSR count). The van der Waals surface area contributed by atoms with Gasteiger partial charge in [0.2, 0.25) is 0 Å². The molecule has 0 N–H and O–H groups in total. The van der Waals surface area contributed by atoms with E-state index in [1.807, 2.05) is 0 Å². The Morgan fingerprint density at radius 2 is 1.42 bits per heavy atom. The summed E-state index contributed by atoms with van der Waals surface area (Å²) >= 11 is 0. The van der Waals surface area contributed by atoms with Crippen LogP contribution in [-0.4, -0.2) is 60.1 Å². The molecular formula is C21H23N2O7P. The molecule has 0 aliphatic carbocycles. The molecule has 0 saturated carbocycles. The summed E-state index contributed by atoms with van der Waals surface area (Å²) in [7, 11) is -1.85. The summed E-state index contributed by atoms with van der Waals surface area (Å²) < 4.78 is 30.8. The number of rotatable bonds is 7. The molecule has 31 heavy (non-hydrogen) atoms. The van der Waals surface area contributed by atoms with Gasteiger partial charge in [-0.1, -0.05) is 36.4 Å². The fourth-order valence-corrected chi connectivity index (χ4v) is 5.41. The molecule has 0 bridgehead atoms. The van der Waals surface area contributed by atoms with E-state index in [0.717, 1.165) is 9.80 Å². The second-order valence-corrected chi connectivity index (χ2v) is 8.78. The van der Waals surface area contributed by atoms with E-state index in [-0.39, 0.29) is 18.1 Å². The van der Waals surface area contributed by atoms with Crippen LogP contribution in [0.15, 0.2) is 60.7 Å². The molecule has 2 aromatic carbocycles. The van der Waals surface area contributed by atoms with Gasteiger partial charge in [0.25, 0.3) is 5.91 Å². The van der Waals surface area contributed by atoms with Crippen molar-refractivity contribution in [3.8, 4) is 11.5 Å². The number of carbonyl (C=O) groups is 3. The minimum absolute atomic E-state index is 0.0114. The standard InChI is InChI=1S/C21H23N2O7P/c1-4-28-20(25)17-18(19(24)23(3)21(26)22(17)2)31(27,29-15-11-7-5-8-12-15)30-16-13-9-6-10-14-16/h5-14,17-18H,4H2,1-3H3. The molecule has 0 spiro atoms. The summed E-state index contributed by atoms with van der Waals surface area (Å²) in [5, 5.41) is 0. The predicted octanol–water partition coefficient (Wildman–Crippen LogP) is 3.16. The first-order chi connectivity index (χ1) is 14.8. The van der Waals surface area contributed by atoms with Crippen molar-refractivity contribution in [2.45, 2.75) is 18.6 Å². The number of carbonyl (C=O) groups excluding carboxylic acids is 3. The van der Waals surface area contributed by atoms with Gasteiger partial charge in [0.15, 0.2) is 11.7 Å². The summed E-state index contributed by atoms with van der Waals surface area (Å²) in [6.07, 6.45) is 0. The second kappa shape index (κ2) is 9.22. The van der Waals surface area contributed by atoms with Crippen LogP contribution >= 0.6 is 7.60 Å². The SMILES string of the molecule is CCOC(=O)C1C(P(=O)(Oc2ccccc2)Oc2ccccc2)C(=O)N(C)C(=O)N1C. The number of benzene rings is 2. The molecule has 3 amide bonds. The maximum atomic E-state index is 14.2. The second-order valence-electron chi connectivity index (χ2n) is 6.78. The number of amides is 3. The molecule has 1 aliphatic heterocycles. The molecule has 1 fully saturated rings. The quantitative estimate of drug-likeness (QED) is 0.476. The van der Waals surface area contributed by atoms with Gasteiger partial charge in [0.1, 0.15) is 11.5 Å². The summed E-state index contributed by atoms with van der Waals surface area (Å²) in [5.74, 6) is -1.38. The molecule has 164 valence electrons. The van der Waals surface area contributed by atoms with Crippen LogP contribution in [0.1, 0.15) is 6.92 Å². The van der Waals surface area contributed by atoms with Crippen LogP contribution in [0.25, 0.3) is 0 Å². The zero-order valence-electron chi connectivity index (χ0n) is 17.3. The molecule has 0 radical (unpaired) electrons. The number of nitrogens with zero attached hydrogens (tertiary/aromatic N) is 2. The van der Waals surface area contributed by atoms with E-state index in [0.29, 0.717) is 0 Å². The normalized spacial score (nSPS) is 19.2. The van der Waals surface area contributed by atoms with Crippen LogP contribution in [-0.2, 0) is 18.9 Å². The van der Waals surface area contributed by atoms with Crippen LogP contribution in [0, 0.1) is 0 Å². The van der Waals surface area contributed by atoms with E-state index in [4.69, 9.17) is 13.8 Å². The smallest absolute Gasteiger partial charge is 0.445 e. The van der Waals surface area contributed by atoms with Gasteiger partial charge in [-0.25, -0.2) is 14.2 Å². The summed E-state index contributed by atoms with van der Waals surface area (Å²) in [4.78, 5) is 40.2. The number of ether oxygens (including phenoxy) is 1.